The number of amides is 3. The van der Waals surface area contributed by atoms with Crippen molar-refractivity contribution < 1.29 is 22.8 Å². The van der Waals surface area contributed by atoms with Gasteiger partial charge in [0.2, 0.25) is 27.7 Å². The van der Waals surface area contributed by atoms with Gasteiger partial charge in [0.15, 0.2) is 0 Å². The molecular weight excluding hydrogens is 430 g/mol. The van der Waals surface area contributed by atoms with E-state index >= 15 is 0 Å². The summed E-state index contributed by atoms with van der Waals surface area (Å²) in [4.78, 5) is 41.7. The van der Waals surface area contributed by atoms with E-state index in [2.05, 4.69) is 0 Å². The number of piperazine rings is 1. The number of nitrogens with zero attached hydrogens (tertiary/aromatic N) is 3. The lowest BCUT2D eigenvalue weighted by Gasteiger charge is -2.36. The second kappa shape index (κ2) is 8.44. The van der Waals surface area contributed by atoms with E-state index in [0.29, 0.717) is 18.4 Å². The van der Waals surface area contributed by atoms with Crippen molar-refractivity contribution in [2.24, 2.45) is 11.8 Å². The van der Waals surface area contributed by atoms with Crippen LogP contribution in [0.5, 0.6) is 0 Å². The Hall–Kier alpha value is -2.52. The number of hydrogen-bond acceptors (Lipinski definition) is 5. The Morgan fingerprint density at radius 1 is 0.969 bits per heavy atom. The molecule has 1 aromatic rings. The van der Waals surface area contributed by atoms with Gasteiger partial charge in [0.25, 0.3) is 0 Å². The van der Waals surface area contributed by atoms with Crippen LogP contribution < -0.4 is 0 Å². The topological polar surface area (TPSA) is 95.1 Å². The zero-order valence-corrected chi connectivity index (χ0v) is 19.5. The summed E-state index contributed by atoms with van der Waals surface area (Å²) in [5.41, 5.74) is 1.55. The number of fused-ring (bicyclic) bond motifs is 1. The van der Waals surface area contributed by atoms with Crippen molar-refractivity contribution in [2.45, 2.75) is 44.6 Å². The fourth-order valence-corrected chi connectivity index (χ4v) is 6.59. The van der Waals surface area contributed by atoms with Gasteiger partial charge in [-0.15, -0.1) is 0 Å². The monoisotopic (exact) mass is 459 g/mol. The van der Waals surface area contributed by atoms with E-state index in [0.717, 1.165) is 10.5 Å². The fraction of sp³-hybridized carbons (Fsp3) is 0.522. The van der Waals surface area contributed by atoms with Gasteiger partial charge in [-0.25, -0.2) is 8.42 Å². The third-order valence-corrected chi connectivity index (χ3v) is 8.84. The molecule has 0 N–H and O–H groups in total. The van der Waals surface area contributed by atoms with Crippen molar-refractivity contribution in [3.8, 4) is 0 Å². The van der Waals surface area contributed by atoms with E-state index < -0.39 is 16.1 Å². The van der Waals surface area contributed by atoms with Crippen LogP contribution in [0.25, 0.3) is 0 Å². The number of likely N-dealkylation sites (tertiary alicyclic amines) is 1. The molecule has 0 aromatic heterocycles. The summed E-state index contributed by atoms with van der Waals surface area (Å²) in [6, 6.07) is 4.45. The van der Waals surface area contributed by atoms with E-state index in [-0.39, 0.29) is 60.6 Å². The molecule has 3 atom stereocenters. The maximum absolute atomic E-state index is 13.1. The summed E-state index contributed by atoms with van der Waals surface area (Å²) in [5.74, 6) is -1.62. The molecule has 3 aliphatic rings. The molecule has 2 heterocycles. The van der Waals surface area contributed by atoms with Crippen LogP contribution in [0.15, 0.2) is 35.2 Å². The zero-order chi connectivity index (χ0) is 23.2. The molecular formula is C23H29N3O5S. The fourth-order valence-electron chi connectivity index (χ4n) is 4.86. The molecule has 2 saturated heterocycles. The van der Waals surface area contributed by atoms with E-state index in [1.54, 1.807) is 30.9 Å². The van der Waals surface area contributed by atoms with Crippen LogP contribution in [0, 0.1) is 25.7 Å². The van der Waals surface area contributed by atoms with Gasteiger partial charge < -0.3 is 4.90 Å². The third-order valence-electron chi connectivity index (χ3n) is 6.80. The van der Waals surface area contributed by atoms with Crippen LogP contribution in [-0.2, 0) is 24.4 Å². The first-order chi connectivity index (χ1) is 15.1. The minimum Gasteiger partial charge on any atom is -0.338 e. The number of carbonyl (C=O) groups is 3. The molecule has 0 radical (unpaired) electrons. The van der Waals surface area contributed by atoms with Crippen LogP contribution in [0.1, 0.15) is 30.9 Å². The van der Waals surface area contributed by atoms with Gasteiger partial charge in [-0.2, -0.15) is 4.31 Å². The van der Waals surface area contributed by atoms with E-state index in [4.69, 9.17) is 0 Å². The van der Waals surface area contributed by atoms with Crippen molar-refractivity contribution in [2.75, 3.05) is 26.2 Å². The Bertz CT molecular complexity index is 1060. The Balaban J connectivity index is 1.43. The average Bonchev–Trinajstić information content (AvgIpc) is 3.04. The predicted molar refractivity (Wildman–Crippen MR) is 118 cm³/mol. The van der Waals surface area contributed by atoms with Gasteiger partial charge >= 0.3 is 0 Å². The number of hydrogen-bond donors (Lipinski definition) is 0. The lowest BCUT2D eigenvalue weighted by Crippen LogP contribution is -2.56. The van der Waals surface area contributed by atoms with Crippen molar-refractivity contribution in [1.82, 2.24) is 14.1 Å². The van der Waals surface area contributed by atoms with Crippen LogP contribution >= 0.6 is 0 Å². The standard InChI is InChI=1S/C23H29N3O5S/c1-15-8-9-16(2)20(14-15)32(30,31)25-12-10-24(11-13-25)21(27)17(3)26-22(28)18-6-4-5-7-19(18)23(26)29/h4-5,8-9,14,17-19H,6-7,10-13H2,1-3H3/t17-,18-,19-/m0/s1. The first-order valence-electron chi connectivity index (χ1n) is 11.0. The number of allylic oxidation sites excluding steroid dienone is 2. The number of imide groups is 1. The number of aryl methyl sites for hydroxylation is 2. The SMILES string of the molecule is Cc1ccc(C)c(S(=O)(=O)N2CCN(C(=O)[C@H](C)N3C(=O)[C@H]4CC=CC[C@@H]4C3=O)CC2)c1. The molecule has 0 unspecified atom stereocenters. The van der Waals surface area contributed by atoms with Crippen LogP contribution in [0.3, 0.4) is 0 Å². The smallest absolute Gasteiger partial charge is 0.245 e. The number of rotatable bonds is 4. The summed E-state index contributed by atoms with van der Waals surface area (Å²) < 4.78 is 27.7. The summed E-state index contributed by atoms with van der Waals surface area (Å²) in [5, 5.41) is 0. The first-order valence-corrected chi connectivity index (χ1v) is 12.4. The van der Waals surface area contributed by atoms with Crippen LogP contribution in [0.2, 0.25) is 0 Å². The van der Waals surface area contributed by atoms with Gasteiger partial charge in [-0.1, -0.05) is 24.3 Å². The van der Waals surface area contributed by atoms with Crippen molar-refractivity contribution in [3.63, 3.8) is 0 Å². The Morgan fingerprint density at radius 2 is 1.53 bits per heavy atom. The highest BCUT2D eigenvalue weighted by atomic mass is 32.2. The summed E-state index contributed by atoms with van der Waals surface area (Å²) in [6.07, 6.45) is 4.89. The number of benzene rings is 1. The van der Waals surface area contributed by atoms with Gasteiger partial charge in [0.05, 0.1) is 16.7 Å². The van der Waals surface area contributed by atoms with Crippen molar-refractivity contribution >= 4 is 27.7 Å². The maximum Gasteiger partial charge on any atom is 0.245 e. The minimum atomic E-state index is -3.66. The molecule has 1 aromatic carbocycles. The molecule has 4 rings (SSSR count). The predicted octanol–water partition coefficient (Wildman–Crippen LogP) is 1.48. The maximum atomic E-state index is 13.1. The van der Waals surface area contributed by atoms with Gasteiger partial charge in [0.1, 0.15) is 6.04 Å². The van der Waals surface area contributed by atoms with Crippen molar-refractivity contribution in [3.05, 3.63) is 41.5 Å². The molecule has 2 aliphatic heterocycles. The highest BCUT2D eigenvalue weighted by Crippen LogP contribution is 2.36. The van der Waals surface area contributed by atoms with Crippen molar-refractivity contribution in [1.29, 1.82) is 0 Å². The molecule has 2 fully saturated rings. The normalized spacial score (nSPS) is 25.2. The highest BCUT2D eigenvalue weighted by molar-refractivity contribution is 7.89. The third kappa shape index (κ3) is 3.77. The molecule has 32 heavy (non-hydrogen) atoms. The van der Waals surface area contributed by atoms with E-state index in [9.17, 15) is 22.8 Å². The highest BCUT2D eigenvalue weighted by Gasteiger charge is 2.50. The first kappa shape index (κ1) is 22.7. The Labute approximate surface area is 188 Å². The number of sulfonamides is 1. The second-order valence-corrected chi connectivity index (χ2v) is 10.8. The van der Waals surface area contributed by atoms with Crippen LogP contribution in [-0.4, -0.2) is 72.5 Å². The minimum absolute atomic E-state index is 0.172. The largest absolute Gasteiger partial charge is 0.338 e. The molecule has 0 bridgehead atoms. The van der Waals surface area contributed by atoms with Gasteiger partial charge in [0, 0.05) is 26.2 Å². The summed E-state index contributed by atoms with van der Waals surface area (Å²) in [6.45, 7) is 5.99. The zero-order valence-electron chi connectivity index (χ0n) is 18.7. The van der Waals surface area contributed by atoms with Crippen LogP contribution in [0.4, 0.5) is 0 Å². The lowest BCUT2D eigenvalue weighted by atomic mass is 9.85. The van der Waals surface area contributed by atoms with Gasteiger partial charge in [-0.3, -0.25) is 19.3 Å². The summed E-state index contributed by atoms with van der Waals surface area (Å²) in [7, 11) is -3.66. The molecule has 1 aliphatic carbocycles. The van der Waals surface area contributed by atoms with Gasteiger partial charge in [-0.05, 0) is 50.8 Å². The summed E-state index contributed by atoms with van der Waals surface area (Å²) >= 11 is 0. The molecule has 0 spiro atoms. The second-order valence-electron chi connectivity index (χ2n) is 8.88. The quantitative estimate of drug-likeness (QED) is 0.502. The molecule has 0 saturated carbocycles. The number of carbonyl (C=O) groups excluding carboxylic acids is 3. The van der Waals surface area contributed by atoms with E-state index in [1.165, 1.54) is 4.31 Å². The molecule has 9 heteroatoms. The Morgan fingerprint density at radius 3 is 2.09 bits per heavy atom. The molecule has 3 amide bonds. The Kier molecular flexibility index (Phi) is 5.98. The molecule has 172 valence electrons. The molecule has 8 nitrogen and oxygen atoms in total. The van der Waals surface area contributed by atoms with E-state index in [1.807, 2.05) is 25.1 Å². The average molecular weight is 460 g/mol. The lowest BCUT2D eigenvalue weighted by molar-refractivity contribution is -0.151.